The largest absolute Gasteiger partial charge is 0.481 e. The van der Waals surface area contributed by atoms with Gasteiger partial charge in [0.15, 0.2) is 0 Å². The number of carbonyl (C=O) groups is 3. The maximum absolute atomic E-state index is 14.1. The van der Waals surface area contributed by atoms with Gasteiger partial charge in [0.2, 0.25) is 5.91 Å². The summed E-state index contributed by atoms with van der Waals surface area (Å²) in [5.41, 5.74) is 2.24. The molecule has 204 valence electrons. The van der Waals surface area contributed by atoms with Gasteiger partial charge in [0.1, 0.15) is 5.82 Å². The van der Waals surface area contributed by atoms with Crippen LogP contribution in [0.4, 0.5) is 23.2 Å². The van der Waals surface area contributed by atoms with Crippen LogP contribution in [-0.4, -0.2) is 34.0 Å². The number of anilines is 1. The second-order valence-corrected chi connectivity index (χ2v) is 9.56. The van der Waals surface area contributed by atoms with Gasteiger partial charge in [-0.25, -0.2) is 4.39 Å². The number of fused-ring (bicyclic) bond motifs is 1. The molecule has 2 atom stereocenters. The quantitative estimate of drug-likeness (QED) is 0.329. The second kappa shape index (κ2) is 11.3. The minimum absolute atomic E-state index is 0.0876. The van der Waals surface area contributed by atoms with Crippen molar-refractivity contribution in [3.63, 3.8) is 0 Å². The van der Waals surface area contributed by atoms with E-state index in [4.69, 9.17) is 5.11 Å². The SMILES string of the molecule is C[C@@H]([C@@H](C(=O)Nc1cccc(CCC(=O)O)c1)c1ccc(CN2Cc3c(F)cccc3C2=O)cc1)C(F)(F)F. The van der Waals surface area contributed by atoms with E-state index < -0.39 is 35.7 Å². The average molecular weight is 543 g/mol. The van der Waals surface area contributed by atoms with Crippen molar-refractivity contribution in [3.8, 4) is 0 Å². The van der Waals surface area contributed by atoms with E-state index in [9.17, 15) is 31.9 Å². The molecule has 0 radical (unpaired) electrons. The number of rotatable bonds is 9. The van der Waals surface area contributed by atoms with Gasteiger partial charge in [0.25, 0.3) is 5.91 Å². The Hall–Kier alpha value is -4.21. The molecule has 0 saturated carbocycles. The van der Waals surface area contributed by atoms with Crippen LogP contribution in [-0.2, 0) is 29.1 Å². The topological polar surface area (TPSA) is 86.7 Å². The number of nitrogens with one attached hydrogen (secondary N) is 1. The van der Waals surface area contributed by atoms with Crippen LogP contribution in [0.15, 0.2) is 66.7 Å². The van der Waals surface area contributed by atoms with E-state index in [0.717, 1.165) is 6.92 Å². The number of carbonyl (C=O) groups excluding carboxylic acids is 2. The van der Waals surface area contributed by atoms with E-state index in [1.165, 1.54) is 41.3 Å². The smallest absolute Gasteiger partial charge is 0.392 e. The van der Waals surface area contributed by atoms with E-state index in [1.54, 1.807) is 30.3 Å². The third-order valence-electron chi connectivity index (χ3n) is 6.82. The number of alkyl halides is 3. The van der Waals surface area contributed by atoms with Crippen molar-refractivity contribution in [2.45, 2.75) is 44.9 Å². The highest BCUT2D eigenvalue weighted by Crippen LogP contribution is 2.38. The first-order valence-electron chi connectivity index (χ1n) is 12.3. The van der Waals surface area contributed by atoms with Crippen molar-refractivity contribution >= 4 is 23.5 Å². The van der Waals surface area contributed by atoms with E-state index in [0.29, 0.717) is 16.7 Å². The molecule has 1 aliphatic rings. The first kappa shape index (κ1) is 27.8. The maximum atomic E-state index is 14.1. The van der Waals surface area contributed by atoms with Crippen molar-refractivity contribution in [2.75, 3.05) is 5.32 Å². The predicted molar refractivity (Wildman–Crippen MR) is 135 cm³/mol. The van der Waals surface area contributed by atoms with Crippen molar-refractivity contribution in [3.05, 3.63) is 100 Å². The second-order valence-electron chi connectivity index (χ2n) is 9.56. The molecule has 2 N–H and O–H groups in total. The van der Waals surface area contributed by atoms with Gasteiger partial charge < -0.3 is 15.3 Å². The van der Waals surface area contributed by atoms with Gasteiger partial charge in [0.05, 0.1) is 18.4 Å². The number of nitrogens with zero attached hydrogens (tertiary/aromatic N) is 1. The molecular weight excluding hydrogens is 516 g/mol. The Bertz CT molecular complexity index is 1390. The van der Waals surface area contributed by atoms with E-state index in [2.05, 4.69) is 5.32 Å². The summed E-state index contributed by atoms with van der Waals surface area (Å²) in [7, 11) is 0. The highest BCUT2D eigenvalue weighted by Gasteiger charge is 2.45. The number of amides is 2. The number of hydrogen-bond donors (Lipinski definition) is 2. The van der Waals surface area contributed by atoms with Gasteiger partial charge >= 0.3 is 12.1 Å². The lowest BCUT2D eigenvalue weighted by molar-refractivity contribution is -0.178. The summed E-state index contributed by atoms with van der Waals surface area (Å²) < 4.78 is 55.4. The van der Waals surface area contributed by atoms with Crippen LogP contribution in [0.25, 0.3) is 0 Å². The number of aryl methyl sites for hydroxylation is 1. The number of halogens is 4. The van der Waals surface area contributed by atoms with Gasteiger partial charge in [-0.1, -0.05) is 49.4 Å². The van der Waals surface area contributed by atoms with Crippen molar-refractivity contribution in [1.82, 2.24) is 4.90 Å². The Balaban J connectivity index is 1.52. The summed E-state index contributed by atoms with van der Waals surface area (Å²) in [6.07, 6.45) is -4.57. The molecule has 0 saturated heterocycles. The molecule has 0 unspecified atom stereocenters. The molecule has 3 aromatic rings. The summed E-state index contributed by atoms with van der Waals surface area (Å²) >= 11 is 0. The predicted octanol–water partition coefficient (Wildman–Crippen LogP) is 5.92. The van der Waals surface area contributed by atoms with Crippen LogP contribution in [0.3, 0.4) is 0 Å². The first-order chi connectivity index (χ1) is 18.4. The highest BCUT2D eigenvalue weighted by atomic mass is 19.4. The van der Waals surface area contributed by atoms with Crippen molar-refractivity contribution in [1.29, 1.82) is 0 Å². The molecule has 3 aromatic carbocycles. The van der Waals surface area contributed by atoms with Crippen LogP contribution >= 0.6 is 0 Å². The standard InChI is InChI=1S/C29H26F4N2O4/c1-17(29(31,32)33)26(27(38)34-21-5-2-4-18(14-21)10-13-25(36)37)20-11-8-19(9-12-20)15-35-16-23-22(28(35)39)6-3-7-24(23)30/h2-9,11-12,14,17,26H,10,13,15-16H2,1H3,(H,34,38)(H,36,37)/t17-,26+/m0/s1. The molecule has 0 fully saturated rings. The fraction of sp³-hybridized carbons (Fsp3) is 0.276. The molecule has 0 spiro atoms. The molecule has 6 nitrogen and oxygen atoms in total. The molecular formula is C29H26F4N2O4. The molecule has 10 heteroatoms. The highest BCUT2D eigenvalue weighted by molar-refractivity contribution is 5.98. The zero-order chi connectivity index (χ0) is 28.3. The Morgan fingerprint density at radius 3 is 2.36 bits per heavy atom. The fourth-order valence-corrected chi connectivity index (χ4v) is 4.66. The van der Waals surface area contributed by atoms with Gasteiger partial charge in [-0.3, -0.25) is 14.4 Å². The van der Waals surface area contributed by atoms with Crippen LogP contribution in [0, 0.1) is 11.7 Å². The number of carboxylic acids is 1. The molecule has 0 bridgehead atoms. The lowest BCUT2D eigenvalue weighted by atomic mass is 9.85. The maximum Gasteiger partial charge on any atom is 0.392 e. The van der Waals surface area contributed by atoms with Gasteiger partial charge in [-0.15, -0.1) is 0 Å². The summed E-state index contributed by atoms with van der Waals surface area (Å²) in [6, 6.07) is 16.6. The summed E-state index contributed by atoms with van der Waals surface area (Å²) in [5.74, 6) is -6.21. The zero-order valence-corrected chi connectivity index (χ0v) is 21.0. The fourth-order valence-electron chi connectivity index (χ4n) is 4.66. The van der Waals surface area contributed by atoms with Gasteiger partial charge in [0, 0.05) is 29.8 Å². The number of carboxylic acid groups (broad SMARTS) is 1. The van der Waals surface area contributed by atoms with Gasteiger partial charge in [-0.05, 0) is 47.4 Å². The Morgan fingerprint density at radius 1 is 1.03 bits per heavy atom. The third kappa shape index (κ3) is 6.45. The third-order valence-corrected chi connectivity index (χ3v) is 6.82. The van der Waals surface area contributed by atoms with E-state index in [-0.39, 0.29) is 48.7 Å². The summed E-state index contributed by atoms with van der Waals surface area (Å²) in [5, 5.41) is 11.4. The van der Waals surface area contributed by atoms with Crippen LogP contribution < -0.4 is 5.32 Å². The molecule has 1 aliphatic heterocycles. The number of aliphatic carboxylic acids is 1. The Kier molecular flexibility index (Phi) is 8.03. The van der Waals surface area contributed by atoms with Gasteiger partial charge in [-0.2, -0.15) is 13.2 Å². The van der Waals surface area contributed by atoms with E-state index in [1.807, 2.05) is 0 Å². The van der Waals surface area contributed by atoms with Crippen LogP contribution in [0.2, 0.25) is 0 Å². The molecule has 4 rings (SSSR count). The van der Waals surface area contributed by atoms with Crippen molar-refractivity contribution < 1.29 is 37.1 Å². The molecule has 0 aliphatic carbocycles. The molecule has 1 heterocycles. The van der Waals surface area contributed by atoms with E-state index >= 15 is 0 Å². The molecule has 2 amide bonds. The average Bonchev–Trinajstić information content (AvgIpc) is 3.20. The summed E-state index contributed by atoms with van der Waals surface area (Å²) in [6.45, 7) is 1.16. The number of hydrogen-bond acceptors (Lipinski definition) is 3. The monoisotopic (exact) mass is 542 g/mol. The lowest BCUT2D eigenvalue weighted by Gasteiger charge is -2.26. The van der Waals surface area contributed by atoms with Crippen LogP contribution in [0.1, 0.15) is 51.9 Å². The molecule has 0 aromatic heterocycles. The Labute approximate surface area is 222 Å². The minimum Gasteiger partial charge on any atom is -0.481 e. The van der Waals surface area contributed by atoms with Crippen LogP contribution in [0.5, 0.6) is 0 Å². The normalized spacial score (nSPS) is 14.6. The zero-order valence-electron chi connectivity index (χ0n) is 21.0. The molecule has 39 heavy (non-hydrogen) atoms. The minimum atomic E-state index is -4.65. The number of benzene rings is 3. The lowest BCUT2D eigenvalue weighted by Crippen LogP contribution is -2.34. The van der Waals surface area contributed by atoms with Crippen molar-refractivity contribution in [2.24, 2.45) is 5.92 Å². The first-order valence-corrected chi connectivity index (χ1v) is 12.3. The Morgan fingerprint density at radius 2 is 1.72 bits per heavy atom. The summed E-state index contributed by atoms with van der Waals surface area (Å²) in [4.78, 5) is 38.1.